The van der Waals surface area contributed by atoms with E-state index < -0.39 is 0 Å². The van der Waals surface area contributed by atoms with E-state index in [4.69, 9.17) is 0 Å². The zero-order valence-corrected chi connectivity index (χ0v) is 16.1. The van der Waals surface area contributed by atoms with Crippen LogP contribution in [-0.2, 0) is 6.42 Å². The number of aromatic amines is 2. The Morgan fingerprint density at radius 3 is 2.93 bits per heavy atom. The van der Waals surface area contributed by atoms with Gasteiger partial charge in [-0.3, -0.25) is 4.79 Å². The molecule has 0 aliphatic rings. The minimum absolute atomic E-state index is 0.204. The van der Waals surface area contributed by atoms with Gasteiger partial charge in [-0.25, -0.2) is 4.98 Å². The zero-order chi connectivity index (χ0) is 19.1. The number of nitriles is 1. The molecule has 0 bridgehead atoms. The Labute approximate surface area is 160 Å². The predicted molar refractivity (Wildman–Crippen MR) is 111 cm³/mol. The maximum atomic E-state index is 12.5. The molecule has 0 radical (unpaired) electrons. The van der Waals surface area contributed by atoms with Crippen LogP contribution in [0.1, 0.15) is 34.3 Å². The van der Waals surface area contributed by atoms with Gasteiger partial charge in [-0.2, -0.15) is 5.26 Å². The molecule has 3 heterocycles. The summed E-state index contributed by atoms with van der Waals surface area (Å²) >= 11 is 1.48. The number of benzene rings is 1. The summed E-state index contributed by atoms with van der Waals surface area (Å²) in [6.45, 7) is 6.00. The average molecular weight is 374 g/mol. The maximum absolute atomic E-state index is 12.5. The van der Waals surface area contributed by atoms with E-state index in [1.807, 2.05) is 32.2 Å². The van der Waals surface area contributed by atoms with Crippen molar-refractivity contribution in [2.75, 3.05) is 0 Å². The van der Waals surface area contributed by atoms with E-state index in [9.17, 15) is 10.1 Å². The number of aryl methyl sites for hydroxylation is 3. The van der Waals surface area contributed by atoms with Crippen LogP contribution in [-0.4, -0.2) is 15.0 Å². The van der Waals surface area contributed by atoms with Crippen molar-refractivity contribution in [3.63, 3.8) is 0 Å². The fraction of sp³-hybridized carbons (Fsp3) is 0.190. The Balaban J connectivity index is 1.89. The summed E-state index contributed by atoms with van der Waals surface area (Å²) in [5.74, 6) is 0.303. The number of nitrogens with one attached hydrogen (secondary N) is 2. The van der Waals surface area contributed by atoms with Gasteiger partial charge in [0, 0.05) is 27.5 Å². The number of rotatable bonds is 3. The van der Waals surface area contributed by atoms with Crippen molar-refractivity contribution in [1.29, 1.82) is 5.26 Å². The molecule has 0 fully saturated rings. The first-order chi connectivity index (χ1) is 13.0. The van der Waals surface area contributed by atoms with Gasteiger partial charge in [-0.1, -0.05) is 25.1 Å². The number of fused-ring (bicyclic) bond motifs is 2. The number of thiophene rings is 1. The molecular weight excluding hydrogens is 356 g/mol. The molecule has 0 saturated carbocycles. The lowest BCUT2D eigenvalue weighted by Crippen LogP contribution is -2.10. The van der Waals surface area contributed by atoms with Crippen LogP contribution in [0.15, 0.2) is 29.2 Å². The van der Waals surface area contributed by atoms with E-state index in [0.717, 1.165) is 33.3 Å². The van der Waals surface area contributed by atoms with Crippen molar-refractivity contribution in [3.8, 4) is 6.07 Å². The van der Waals surface area contributed by atoms with Crippen molar-refractivity contribution in [1.82, 2.24) is 15.0 Å². The summed E-state index contributed by atoms with van der Waals surface area (Å²) in [5, 5.41) is 11.3. The predicted octanol–water partition coefficient (Wildman–Crippen LogP) is 4.71. The van der Waals surface area contributed by atoms with Gasteiger partial charge in [0.25, 0.3) is 5.56 Å². The second-order valence-electron chi connectivity index (χ2n) is 6.49. The molecule has 0 amide bonds. The fourth-order valence-electron chi connectivity index (χ4n) is 3.34. The highest BCUT2D eigenvalue weighted by Crippen LogP contribution is 2.28. The Morgan fingerprint density at radius 2 is 2.19 bits per heavy atom. The van der Waals surface area contributed by atoms with Gasteiger partial charge >= 0.3 is 0 Å². The second-order valence-corrected chi connectivity index (χ2v) is 7.69. The molecule has 27 heavy (non-hydrogen) atoms. The van der Waals surface area contributed by atoms with E-state index in [2.05, 4.69) is 34.0 Å². The van der Waals surface area contributed by atoms with Gasteiger partial charge in [-0.15, -0.1) is 11.3 Å². The molecule has 6 heteroatoms. The lowest BCUT2D eigenvalue weighted by atomic mass is 10.1. The van der Waals surface area contributed by atoms with Crippen LogP contribution < -0.4 is 5.56 Å². The molecule has 0 unspecified atom stereocenters. The molecule has 134 valence electrons. The van der Waals surface area contributed by atoms with Crippen LogP contribution >= 0.6 is 11.3 Å². The lowest BCUT2D eigenvalue weighted by molar-refractivity contribution is 1.13. The van der Waals surface area contributed by atoms with Crippen molar-refractivity contribution >= 4 is 44.1 Å². The number of para-hydroxylation sites is 1. The summed E-state index contributed by atoms with van der Waals surface area (Å²) in [4.78, 5) is 24.9. The summed E-state index contributed by atoms with van der Waals surface area (Å²) < 4.78 is 0. The number of nitrogens with zero attached hydrogens (tertiary/aromatic N) is 2. The van der Waals surface area contributed by atoms with Gasteiger partial charge in [0.05, 0.1) is 11.0 Å². The minimum Gasteiger partial charge on any atom is -0.360 e. The first kappa shape index (κ1) is 17.3. The Morgan fingerprint density at radius 1 is 1.37 bits per heavy atom. The number of hydrogen-bond acceptors (Lipinski definition) is 4. The third-order valence-corrected chi connectivity index (χ3v) is 6.03. The number of H-pyrrole nitrogens is 2. The van der Waals surface area contributed by atoms with Crippen LogP contribution in [0.3, 0.4) is 0 Å². The largest absolute Gasteiger partial charge is 0.360 e. The third kappa shape index (κ3) is 2.77. The molecule has 0 atom stereocenters. The third-order valence-electron chi connectivity index (χ3n) is 4.93. The zero-order valence-electron chi connectivity index (χ0n) is 15.3. The van der Waals surface area contributed by atoms with Crippen molar-refractivity contribution in [3.05, 3.63) is 62.1 Å². The molecule has 1 aromatic carbocycles. The van der Waals surface area contributed by atoms with E-state index in [1.54, 1.807) is 6.08 Å². The van der Waals surface area contributed by atoms with Crippen LogP contribution in [0.25, 0.3) is 32.8 Å². The number of allylic oxidation sites excluding steroid dienone is 1. The molecule has 4 rings (SSSR count). The highest BCUT2D eigenvalue weighted by atomic mass is 32.1. The molecule has 2 N–H and O–H groups in total. The lowest BCUT2D eigenvalue weighted by Gasteiger charge is -2.01. The van der Waals surface area contributed by atoms with Crippen molar-refractivity contribution in [2.45, 2.75) is 27.2 Å². The Kier molecular flexibility index (Phi) is 4.17. The normalized spacial score (nSPS) is 12.0. The van der Waals surface area contributed by atoms with Gasteiger partial charge in [0.2, 0.25) is 0 Å². The van der Waals surface area contributed by atoms with Crippen LogP contribution in [0, 0.1) is 25.2 Å². The van der Waals surface area contributed by atoms with E-state index >= 15 is 0 Å². The topological polar surface area (TPSA) is 85.3 Å². The molecule has 0 spiro atoms. The summed E-state index contributed by atoms with van der Waals surface area (Å²) in [7, 11) is 0. The van der Waals surface area contributed by atoms with Gasteiger partial charge in [-0.05, 0) is 37.5 Å². The summed E-state index contributed by atoms with van der Waals surface area (Å²) in [5.41, 5.74) is 4.28. The van der Waals surface area contributed by atoms with Crippen molar-refractivity contribution in [2.24, 2.45) is 0 Å². The van der Waals surface area contributed by atoms with E-state index in [1.165, 1.54) is 16.9 Å². The molecule has 4 aromatic rings. The molecule has 0 saturated heterocycles. The monoisotopic (exact) mass is 374 g/mol. The van der Waals surface area contributed by atoms with E-state index in [-0.39, 0.29) is 5.56 Å². The molecular formula is C21H18N4OS. The van der Waals surface area contributed by atoms with Crippen LogP contribution in [0.2, 0.25) is 0 Å². The van der Waals surface area contributed by atoms with Gasteiger partial charge in [0.15, 0.2) is 5.82 Å². The SMILES string of the molecule is CCc1cccc2c(/C=C(\C#N)c3nc4sc(C)c(C)c4c(=O)[nH]3)c[nH]c12. The van der Waals surface area contributed by atoms with Gasteiger partial charge < -0.3 is 9.97 Å². The second kappa shape index (κ2) is 6.53. The highest BCUT2D eigenvalue weighted by Gasteiger charge is 2.14. The number of aromatic nitrogens is 3. The standard InChI is InChI=1S/C21H18N4OS/c1-4-13-6-5-7-16-15(10-23-18(13)16)8-14(9-22)19-24-20(26)17-11(2)12(3)27-21(17)25-19/h5-8,10,23H,4H2,1-3H3,(H,24,25,26)/b14-8+. The maximum Gasteiger partial charge on any atom is 0.260 e. The van der Waals surface area contributed by atoms with Crippen molar-refractivity contribution < 1.29 is 0 Å². The smallest absolute Gasteiger partial charge is 0.260 e. The molecule has 0 aliphatic carbocycles. The molecule has 5 nitrogen and oxygen atoms in total. The average Bonchev–Trinajstić information content (AvgIpc) is 3.20. The highest BCUT2D eigenvalue weighted by molar-refractivity contribution is 7.18. The Hall–Kier alpha value is -3.17. The van der Waals surface area contributed by atoms with Crippen LogP contribution in [0.4, 0.5) is 0 Å². The fourth-order valence-corrected chi connectivity index (χ4v) is 4.37. The quantitative estimate of drug-likeness (QED) is 0.509. The minimum atomic E-state index is -0.204. The van der Waals surface area contributed by atoms with Crippen LogP contribution in [0.5, 0.6) is 0 Å². The summed E-state index contributed by atoms with van der Waals surface area (Å²) in [6.07, 6.45) is 4.59. The molecule has 0 aliphatic heterocycles. The summed E-state index contributed by atoms with van der Waals surface area (Å²) in [6, 6.07) is 8.31. The molecule has 3 aromatic heterocycles. The van der Waals surface area contributed by atoms with Gasteiger partial charge in [0.1, 0.15) is 10.9 Å². The first-order valence-corrected chi connectivity index (χ1v) is 9.56. The number of hydrogen-bond donors (Lipinski definition) is 2. The van der Waals surface area contributed by atoms with E-state index in [0.29, 0.717) is 21.6 Å². The Bertz CT molecular complexity index is 1310. The first-order valence-electron chi connectivity index (χ1n) is 8.74.